The Hall–Kier alpha value is -3.55. The number of nitrogens with zero attached hydrogens (tertiary/aromatic N) is 3. The van der Waals surface area contributed by atoms with Crippen molar-refractivity contribution in [1.29, 1.82) is 0 Å². The predicted octanol–water partition coefficient (Wildman–Crippen LogP) is 1.88. The van der Waals surface area contributed by atoms with Crippen LogP contribution in [0.5, 0.6) is 11.5 Å². The SMILES string of the molecule is O=C(Cc1noc2ccccc12)N1CCN(C(=O)C2COc3ccccc3O2)CC1. The molecule has 1 saturated heterocycles. The zero-order valence-electron chi connectivity index (χ0n) is 16.3. The van der Waals surface area contributed by atoms with Crippen LogP contribution in [0.3, 0.4) is 0 Å². The van der Waals surface area contributed by atoms with E-state index in [-0.39, 0.29) is 24.8 Å². The van der Waals surface area contributed by atoms with E-state index in [0.29, 0.717) is 49.0 Å². The quantitative estimate of drug-likeness (QED) is 0.659. The lowest BCUT2D eigenvalue weighted by atomic mass is 10.1. The predicted molar refractivity (Wildman–Crippen MR) is 107 cm³/mol. The van der Waals surface area contributed by atoms with Gasteiger partial charge >= 0.3 is 0 Å². The Kier molecular flexibility index (Phi) is 4.74. The van der Waals surface area contributed by atoms with E-state index >= 15 is 0 Å². The molecule has 0 spiro atoms. The number of fused-ring (bicyclic) bond motifs is 2. The summed E-state index contributed by atoms with van der Waals surface area (Å²) in [6.45, 7) is 2.07. The van der Waals surface area contributed by atoms with E-state index in [2.05, 4.69) is 5.16 Å². The Balaban J connectivity index is 1.17. The van der Waals surface area contributed by atoms with Crippen molar-refractivity contribution >= 4 is 22.8 Å². The van der Waals surface area contributed by atoms with E-state index < -0.39 is 6.10 Å². The van der Waals surface area contributed by atoms with E-state index in [1.54, 1.807) is 15.9 Å². The highest BCUT2D eigenvalue weighted by Crippen LogP contribution is 2.31. The average Bonchev–Trinajstić information content (AvgIpc) is 3.21. The molecule has 154 valence electrons. The summed E-state index contributed by atoms with van der Waals surface area (Å²) in [6.07, 6.45) is -0.481. The zero-order chi connectivity index (χ0) is 20.5. The summed E-state index contributed by atoms with van der Waals surface area (Å²) in [4.78, 5) is 29.1. The Labute approximate surface area is 172 Å². The van der Waals surface area contributed by atoms with E-state index in [1.807, 2.05) is 42.5 Å². The van der Waals surface area contributed by atoms with Gasteiger partial charge in [-0.1, -0.05) is 29.4 Å². The summed E-state index contributed by atoms with van der Waals surface area (Å²) in [5.74, 6) is 1.10. The number of aromatic nitrogens is 1. The van der Waals surface area contributed by atoms with Gasteiger partial charge in [-0.2, -0.15) is 0 Å². The second-order valence-electron chi connectivity index (χ2n) is 7.37. The molecule has 1 unspecified atom stereocenters. The smallest absolute Gasteiger partial charge is 0.267 e. The maximum atomic E-state index is 12.8. The van der Waals surface area contributed by atoms with Crippen molar-refractivity contribution in [3.8, 4) is 11.5 Å². The largest absolute Gasteiger partial charge is 0.485 e. The molecule has 0 bridgehead atoms. The van der Waals surface area contributed by atoms with Crippen molar-refractivity contribution in [2.24, 2.45) is 0 Å². The third kappa shape index (κ3) is 3.45. The number of benzene rings is 2. The molecule has 5 rings (SSSR count). The number of hydrogen-bond donors (Lipinski definition) is 0. The van der Waals surface area contributed by atoms with Crippen LogP contribution >= 0.6 is 0 Å². The van der Waals surface area contributed by atoms with Crippen LogP contribution in [-0.4, -0.2) is 65.7 Å². The highest BCUT2D eigenvalue weighted by molar-refractivity contribution is 5.86. The molecule has 0 aliphatic carbocycles. The summed E-state index contributed by atoms with van der Waals surface area (Å²) in [7, 11) is 0. The van der Waals surface area contributed by atoms with Crippen LogP contribution in [-0.2, 0) is 16.0 Å². The van der Waals surface area contributed by atoms with Crippen LogP contribution in [0.25, 0.3) is 11.0 Å². The summed E-state index contributed by atoms with van der Waals surface area (Å²) >= 11 is 0. The maximum absolute atomic E-state index is 12.8. The van der Waals surface area contributed by atoms with Gasteiger partial charge in [-0.15, -0.1) is 0 Å². The van der Waals surface area contributed by atoms with Crippen molar-refractivity contribution in [3.63, 3.8) is 0 Å². The van der Waals surface area contributed by atoms with Gasteiger partial charge in [0.05, 0.1) is 6.42 Å². The number of carbonyl (C=O) groups excluding carboxylic acids is 2. The molecule has 8 nitrogen and oxygen atoms in total. The number of ether oxygens (including phenoxy) is 2. The third-order valence-corrected chi connectivity index (χ3v) is 5.50. The lowest BCUT2D eigenvalue weighted by molar-refractivity contribution is -0.146. The molecular formula is C22H21N3O5. The maximum Gasteiger partial charge on any atom is 0.267 e. The molecule has 2 aromatic carbocycles. The van der Waals surface area contributed by atoms with E-state index in [4.69, 9.17) is 14.0 Å². The number of rotatable bonds is 3. The van der Waals surface area contributed by atoms with Crippen LogP contribution in [0.2, 0.25) is 0 Å². The standard InChI is InChI=1S/C22H21N3O5/c26-21(13-16-15-5-1-2-6-17(15)30-23-16)24-9-11-25(12-10-24)22(27)20-14-28-18-7-3-4-8-19(18)29-20/h1-8,20H,9-14H2. The molecule has 1 aromatic heterocycles. The van der Waals surface area contributed by atoms with Crippen LogP contribution in [0.15, 0.2) is 53.1 Å². The highest BCUT2D eigenvalue weighted by Gasteiger charge is 2.33. The summed E-state index contributed by atoms with van der Waals surface area (Å²) in [5, 5.41) is 4.89. The van der Waals surface area contributed by atoms with Crippen molar-refractivity contribution < 1.29 is 23.6 Å². The van der Waals surface area contributed by atoms with Gasteiger partial charge in [0, 0.05) is 31.6 Å². The first-order chi connectivity index (χ1) is 14.7. The van der Waals surface area contributed by atoms with Crippen LogP contribution in [0.4, 0.5) is 0 Å². The van der Waals surface area contributed by atoms with Gasteiger partial charge in [-0.05, 0) is 24.3 Å². The highest BCUT2D eigenvalue weighted by atomic mass is 16.6. The molecule has 0 radical (unpaired) electrons. The Morgan fingerprint density at radius 2 is 1.63 bits per heavy atom. The lowest BCUT2D eigenvalue weighted by Crippen LogP contribution is -2.55. The molecular weight excluding hydrogens is 386 g/mol. The van der Waals surface area contributed by atoms with Gasteiger partial charge in [-0.3, -0.25) is 9.59 Å². The molecule has 2 aliphatic rings. The van der Waals surface area contributed by atoms with E-state index in [9.17, 15) is 9.59 Å². The summed E-state index contributed by atoms with van der Waals surface area (Å²) in [5.41, 5.74) is 1.31. The first-order valence-electron chi connectivity index (χ1n) is 9.97. The number of hydrogen-bond acceptors (Lipinski definition) is 6. The minimum atomic E-state index is -0.663. The molecule has 1 atom stereocenters. The minimum absolute atomic E-state index is 0.0210. The monoisotopic (exact) mass is 407 g/mol. The van der Waals surface area contributed by atoms with Crippen LogP contribution in [0, 0.1) is 0 Å². The number of piperazine rings is 1. The number of amides is 2. The average molecular weight is 407 g/mol. The molecule has 2 amide bonds. The fourth-order valence-corrected chi connectivity index (χ4v) is 3.84. The van der Waals surface area contributed by atoms with Crippen molar-refractivity contribution in [1.82, 2.24) is 15.0 Å². The van der Waals surface area contributed by atoms with Gasteiger partial charge in [0.2, 0.25) is 12.0 Å². The van der Waals surface area contributed by atoms with Gasteiger partial charge in [-0.25, -0.2) is 0 Å². The molecule has 0 N–H and O–H groups in total. The Morgan fingerprint density at radius 3 is 2.47 bits per heavy atom. The van der Waals surface area contributed by atoms with Gasteiger partial charge in [0.1, 0.15) is 12.3 Å². The molecule has 0 saturated carbocycles. The fourth-order valence-electron chi connectivity index (χ4n) is 3.84. The first kappa shape index (κ1) is 18.5. The minimum Gasteiger partial charge on any atom is -0.485 e. The fraction of sp³-hybridized carbons (Fsp3) is 0.318. The van der Waals surface area contributed by atoms with Crippen LogP contribution < -0.4 is 9.47 Å². The molecule has 1 fully saturated rings. The molecule has 2 aliphatic heterocycles. The van der Waals surface area contributed by atoms with Gasteiger partial charge < -0.3 is 23.8 Å². The van der Waals surface area contributed by atoms with Crippen molar-refractivity contribution in [2.45, 2.75) is 12.5 Å². The van der Waals surface area contributed by atoms with Gasteiger partial charge in [0.15, 0.2) is 17.1 Å². The second kappa shape index (κ2) is 7.70. The lowest BCUT2D eigenvalue weighted by Gasteiger charge is -2.37. The Bertz CT molecular complexity index is 1090. The van der Waals surface area contributed by atoms with Crippen LogP contribution in [0.1, 0.15) is 5.69 Å². The molecule has 3 heterocycles. The second-order valence-corrected chi connectivity index (χ2v) is 7.37. The molecule has 30 heavy (non-hydrogen) atoms. The summed E-state index contributed by atoms with van der Waals surface area (Å²) in [6, 6.07) is 14.8. The molecule has 8 heteroatoms. The molecule has 3 aromatic rings. The van der Waals surface area contributed by atoms with Crippen molar-refractivity contribution in [3.05, 3.63) is 54.2 Å². The normalized spacial score (nSPS) is 18.5. The summed E-state index contributed by atoms with van der Waals surface area (Å²) < 4.78 is 16.7. The van der Waals surface area contributed by atoms with E-state index in [0.717, 1.165) is 5.39 Å². The van der Waals surface area contributed by atoms with Crippen molar-refractivity contribution in [2.75, 3.05) is 32.8 Å². The zero-order valence-corrected chi connectivity index (χ0v) is 16.3. The topological polar surface area (TPSA) is 85.1 Å². The van der Waals surface area contributed by atoms with E-state index in [1.165, 1.54) is 0 Å². The Morgan fingerprint density at radius 1 is 0.933 bits per heavy atom. The number of carbonyl (C=O) groups is 2. The number of para-hydroxylation sites is 3. The third-order valence-electron chi connectivity index (χ3n) is 5.50. The van der Waals surface area contributed by atoms with Gasteiger partial charge in [0.25, 0.3) is 5.91 Å². The first-order valence-corrected chi connectivity index (χ1v) is 9.97.